The number of carbonyl (C=O) groups excluding carboxylic acids is 1. The minimum atomic E-state index is -3.07. The van der Waals surface area contributed by atoms with E-state index in [1.54, 1.807) is 24.0 Å². The van der Waals surface area contributed by atoms with Crippen LogP contribution in [-0.2, 0) is 14.6 Å². The first-order valence-electron chi connectivity index (χ1n) is 6.67. The number of hydrogen-bond donors (Lipinski definition) is 1. The highest BCUT2D eigenvalue weighted by atomic mass is 32.2. The van der Waals surface area contributed by atoms with Gasteiger partial charge in [-0.05, 0) is 12.5 Å². The molecule has 1 amide bonds. The van der Waals surface area contributed by atoms with Crippen LogP contribution in [0, 0.1) is 0 Å². The van der Waals surface area contributed by atoms with Crippen LogP contribution in [0.2, 0.25) is 0 Å². The molecular formula is C14H18N2O3S2. The fourth-order valence-corrected chi connectivity index (χ4v) is 4.36. The van der Waals surface area contributed by atoms with Crippen LogP contribution in [0.4, 0.5) is 0 Å². The van der Waals surface area contributed by atoms with E-state index in [-0.39, 0.29) is 35.0 Å². The van der Waals surface area contributed by atoms with Gasteiger partial charge in [0.25, 0.3) is 0 Å². The maximum absolute atomic E-state index is 12.7. The van der Waals surface area contributed by atoms with Gasteiger partial charge in [-0.1, -0.05) is 42.5 Å². The Bertz CT molecular complexity index is 643. The molecule has 1 fully saturated rings. The normalized spacial score (nSPS) is 22.5. The highest BCUT2D eigenvalue weighted by molar-refractivity contribution is 7.91. The predicted molar refractivity (Wildman–Crippen MR) is 85.8 cm³/mol. The van der Waals surface area contributed by atoms with Crippen LogP contribution in [0.25, 0.3) is 0 Å². The van der Waals surface area contributed by atoms with Crippen molar-refractivity contribution in [3.8, 4) is 0 Å². The Balaban J connectivity index is 2.26. The Morgan fingerprint density at radius 3 is 2.52 bits per heavy atom. The van der Waals surface area contributed by atoms with Gasteiger partial charge in [-0.2, -0.15) is 0 Å². The minimum Gasteiger partial charge on any atom is -0.392 e. The molecule has 0 spiro atoms. The van der Waals surface area contributed by atoms with Crippen molar-refractivity contribution in [2.75, 3.05) is 18.1 Å². The molecule has 0 saturated carbocycles. The summed E-state index contributed by atoms with van der Waals surface area (Å²) in [6.45, 7) is 1.92. The van der Waals surface area contributed by atoms with Crippen molar-refractivity contribution in [3.05, 3.63) is 35.9 Å². The third-order valence-electron chi connectivity index (χ3n) is 3.62. The van der Waals surface area contributed by atoms with Crippen molar-refractivity contribution in [1.29, 1.82) is 0 Å². The highest BCUT2D eigenvalue weighted by Crippen LogP contribution is 2.22. The molecule has 114 valence electrons. The van der Waals surface area contributed by atoms with Gasteiger partial charge >= 0.3 is 0 Å². The number of benzene rings is 1. The molecule has 2 N–H and O–H groups in total. The second kappa shape index (κ2) is 6.11. The average Bonchev–Trinajstić information content (AvgIpc) is 2.38. The molecule has 0 bridgehead atoms. The third-order valence-corrected chi connectivity index (χ3v) is 5.65. The summed E-state index contributed by atoms with van der Waals surface area (Å²) < 4.78 is 23.2. The van der Waals surface area contributed by atoms with Crippen molar-refractivity contribution in [1.82, 2.24) is 4.90 Å². The molecule has 1 aliphatic heterocycles. The van der Waals surface area contributed by atoms with Gasteiger partial charge in [0, 0.05) is 12.6 Å². The number of hydrogen-bond acceptors (Lipinski definition) is 4. The molecule has 1 aromatic rings. The molecule has 2 atom stereocenters. The molecule has 1 aliphatic rings. The van der Waals surface area contributed by atoms with Gasteiger partial charge in [-0.3, -0.25) is 4.79 Å². The standard InChI is InChI=1S/C14H18N2O3S2/c1-10-9-21(18,19)8-7-16(10)14(17)12(13(15)20)11-5-3-2-4-6-11/h2-6,10,12H,7-9H2,1H3,(H2,15,20). The van der Waals surface area contributed by atoms with Gasteiger partial charge in [-0.15, -0.1) is 0 Å². The number of sulfone groups is 1. The summed E-state index contributed by atoms with van der Waals surface area (Å²) in [4.78, 5) is 14.4. The van der Waals surface area contributed by atoms with Crippen LogP contribution in [0.15, 0.2) is 30.3 Å². The molecule has 0 radical (unpaired) electrons. The van der Waals surface area contributed by atoms with Crippen molar-refractivity contribution < 1.29 is 13.2 Å². The molecule has 2 rings (SSSR count). The molecule has 5 nitrogen and oxygen atoms in total. The summed E-state index contributed by atoms with van der Waals surface area (Å²) in [5, 5.41) is 0. The number of thiocarbonyl (C=S) groups is 1. The maximum Gasteiger partial charge on any atom is 0.237 e. The lowest BCUT2D eigenvalue weighted by atomic mass is 9.97. The zero-order valence-electron chi connectivity index (χ0n) is 11.7. The second-order valence-corrected chi connectivity index (χ2v) is 7.94. The van der Waals surface area contributed by atoms with Crippen molar-refractivity contribution in [3.63, 3.8) is 0 Å². The summed E-state index contributed by atoms with van der Waals surface area (Å²) >= 11 is 5.04. The molecule has 21 heavy (non-hydrogen) atoms. The minimum absolute atomic E-state index is 0.0120. The lowest BCUT2D eigenvalue weighted by molar-refractivity contribution is -0.132. The summed E-state index contributed by atoms with van der Waals surface area (Å²) in [5.41, 5.74) is 6.47. The number of nitrogens with zero attached hydrogens (tertiary/aromatic N) is 1. The van der Waals surface area contributed by atoms with Crippen molar-refractivity contribution >= 4 is 33.0 Å². The van der Waals surface area contributed by atoms with Crippen LogP contribution in [0.5, 0.6) is 0 Å². The van der Waals surface area contributed by atoms with E-state index in [0.717, 1.165) is 5.56 Å². The van der Waals surface area contributed by atoms with Crippen LogP contribution in [0.1, 0.15) is 18.4 Å². The molecule has 2 unspecified atom stereocenters. The van der Waals surface area contributed by atoms with Gasteiger partial charge in [-0.25, -0.2) is 8.42 Å². The smallest absolute Gasteiger partial charge is 0.237 e. The second-order valence-electron chi connectivity index (χ2n) is 5.24. The van der Waals surface area contributed by atoms with E-state index in [1.165, 1.54) is 0 Å². The summed E-state index contributed by atoms with van der Waals surface area (Å²) in [6, 6.07) is 8.72. The Kier molecular flexibility index (Phi) is 4.63. The summed E-state index contributed by atoms with van der Waals surface area (Å²) in [5.74, 6) is -0.958. The van der Waals surface area contributed by atoms with Crippen molar-refractivity contribution in [2.24, 2.45) is 5.73 Å². The first-order chi connectivity index (χ1) is 9.82. The van der Waals surface area contributed by atoms with Crippen LogP contribution >= 0.6 is 12.2 Å². The van der Waals surface area contributed by atoms with E-state index in [4.69, 9.17) is 18.0 Å². The van der Waals surface area contributed by atoms with Gasteiger partial charge in [0.15, 0.2) is 9.84 Å². The van der Waals surface area contributed by atoms with E-state index in [9.17, 15) is 13.2 Å². The molecule has 1 saturated heterocycles. The molecule has 7 heteroatoms. The Morgan fingerprint density at radius 1 is 1.38 bits per heavy atom. The Hall–Kier alpha value is -1.47. The maximum atomic E-state index is 12.7. The first-order valence-corrected chi connectivity index (χ1v) is 8.90. The zero-order valence-corrected chi connectivity index (χ0v) is 13.4. The Labute approximate surface area is 130 Å². The van der Waals surface area contributed by atoms with Crippen LogP contribution in [0.3, 0.4) is 0 Å². The van der Waals surface area contributed by atoms with Crippen LogP contribution < -0.4 is 5.73 Å². The lowest BCUT2D eigenvalue weighted by Gasteiger charge is -2.35. The molecule has 0 aromatic heterocycles. The quantitative estimate of drug-likeness (QED) is 0.827. The number of nitrogens with two attached hydrogens (primary N) is 1. The largest absolute Gasteiger partial charge is 0.392 e. The lowest BCUT2D eigenvalue weighted by Crippen LogP contribution is -2.52. The first kappa shape index (κ1) is 15.9. The van der Waals surface area contributed by atoms with E-state index in [0.29, 0.717) is 0 Å². The van der Waals surface area contributed by atoms with E-state index in [2.05, 4.69) is 0 Å². The van der Waals surface area contributed by atoms with E-state index < -0.39 is 15.8 Å². The monoisotopic (exact) mass is 326 g/mol. The summed E-state index contributed by atoms with van der Waals surface area (Å²) in [7, 11) is -3.07. The highest BCUT2D eigenvalue weighted by Gasteiger charge is 2.36. The van der Waals surface area contributed by atoms with Gasteiger partial charge in [0.2, 0.25) is 5.91 Å². The fraction of sp³-hybridized carbons (Fsp3) is 0.429. The zero-order chi connectivity index (χ0) is 15.6. The van der Waals surface area contributed by atoms with Crippen LogP contribution in [-0.4, -0.2) is 48.3 Å². The van der Waals surface area contributed by atoms with Gasteiger partial charge in [0.05, 0.1) is 16.5 Å². The number of amides is 1. The predicted octanol–water partition coefficient (Wildman–Crippen LogP) is 0.702. The molecule has 1 aromatic carbocycles. The van der Waals surface area contributed by atoms with Gasteiger partial charge in [0.1, 0.15) is 5.92 Å². The van der Waals surface area contributed by atoms with E-state index >= 15 is 0 Å². The average molecular weight is 326 g/mol. The summed E-state index contributed by atoms with van der Waals surface area (Å²) in [6.07, 6.45) is 0. The molecule has 0 aliphatic carbocycles. The molecular weight excluding hydrogens is 308 g/mol. The van der Waals surface area contributed by atoms with Crippen molar-refractivity contribution in [2.45, 2.75) is 18.9 Å². The fourth-order valence-electron chi connectivity index (χ4n) is 2.57. The van der Waals surface area contributed by atoms with Gasteiger partial charge < -0.3 is 10.6 Å². The SMILES string of the molecule is CC1CS(=O)(=O)CCN1C(=O)C(C(N)=S)c1ccccc1. The third kappa shape index (κ3) is 3.59. The van der Waals surface area contributed by atoms with E-state index in [1.807, 2.05) is 18.2 Å². The molecule has 1 heterocycles. The number of carbonyl (C=O) groups is 1. The topological polar surface area (TPSA) is 80.5 Å². The number of rotatable bonds is 3. The Morgan fingerprint density at radius 2 is 2.00 bits per heavy atom.